The highest BCUT2D eigenvalue weighted by atomic mass is 16.2. The minimum Gasteiger partial charge on any atom is -0.341 e. The summed E-state index contributed by atoms with van der Waals surface area (Å²) in [6.07, 6.45) is 1.91. The van der Waals surface area contributed by atoms with Gasteiger partial charge in [-0.25, -0.2) is 0 Å². The summed E-state index contributed by atoms with van der Waals surface area (Å²) < 4.78 is 0. The molecule has 1 heterocycles. The highest BCUT2D eigenvalue weighted by Crippen LogP contribution is 2.03. The first kappa shape index (κ1) is 14.0. The zero-order chi connectivity index (χ0) is 12.7. The molecule has 1 rings (SSSR count). The SMILES string of the molecule is CCCNCC(=O)N1CCCN(C(C)=O)CC1. The summed E-state index contributed by atoms with van der Waals surface area (Å²) in [7, 11) is 0. The summed E-state index contributed by atoms with van der Waals surface area (Å²) in [5.41, 5.74) is 0. The van der Waals surface area contributed by atoms with Gasteiger partial charge >= 0.3 is 0 Å². The highest BCUT2D eigenvalue weighted by Gasteiger charge is 2.19. The molecular formula is C12H23N3O2. The molecule has 1 fully saturated rings. The van der Waals surface area contributed by atoms with Crippen molar-refractivity contribution >= 4 is 11.8 Å². The molecule has 0 aliphatic carbocycles. The molecular weight excluding hydrogens is 218 g/mol. The second-order valence-corrected chi connectivity index (χ2v) is 4.42. The smallest absolute Gasteiger partial charge is 0.236 e. The summed E-state index contributed by atoms with van der Waals surface area (Å²) >= 11 is 0. The lowest BCUT2D eigenvalue weighted by Crippen LogP contribution is -2.41. The van der Waals surface area contributed by atoms with Crippen LogP contribution >= 0.6 is 0 Å². The Morgan fingerprint density at radius 2 is 1.76 bits per heavy atom. The first-order valence-corrected chi connectivity index (χ1v) is 6.39. The third-order valence-electron chi connectivity index (χ3n) is 3.00. The van der Waals surface area contributed by atoms with Crippen molar-refractivity contribution in [2.45, 2.75) is 26.7 Å². The van der Waals surface area contributed by atoms with Gasteiger partial charge in [0.15, 0.2) is 0 Å². The van der Waals surface area contributed by atoms with Crippen molar-refractivity contribution in [3.63, 3.8) is 0 Å². The molecule has 0 saturated carbocycles. The number of hydrogen-bond donors (Lipinski definition) is 1. The monoisotopic (exact) mass is 241 g/mol. The lowest BCUT2D eigenvalue weighted by atomic mass is 10.3. The van der Waals surface area contributed by atoms with Crippen molar-refractivity contribution in [3.8, 4) is 0 Å². The van der Waals surface area contributed by atoms with Gasteiger partial charge in [-0.2, -0.15) is 0 Å². The molecule has 0 aromatic carbocycles. The molecule has 2 amide bonds. The first-order chi connectivity index (χ1) is 8.15. The second kappa shape index (κ2) is 7.27. The zero-order valence-electron chi connectivity index (χ0n) is 10.9. The van der Waals surface area contributed by atoms with Gasteiger partial charge in [0.05, 0.1) is 6.54 Å². The van der Waals surface area contributed by atoms with Crippen LogP contribution in [0.15, 0.2) is 0 Å². The van der Waals surface area contributed by atoms with Crippen LogP contribution in [0.25, 0.3) is 0 Å². The van der Waals surface area contributed by atoms with Crippen LogP contribution in [0, 0.1) is 0 Å². The largest absolute Gasteiger partial charge is 0.341 e. The molecule has 0 atom stereocenters. The van der Waals surface area contributed by atoms with E-state index in [1.807, 2.05) is 9.80 Å². The Hall–Kier alpha value is -1.10. The predicted molar refractivity (Wildman–Crippen MR) is 66.6 cm³/mol. The van der Waals surface area contributed by atoms with Crippen LogP contribution < -0.4 is 5.32 Å². The van der Waals surface area contributed by atoms with E-state index < -0.39 is 0 Å². The van der Waals surface area contributed by atoms with Crippen molar-refractivity contribution in [3.05, 3.63) is 0 Å². The van der Waals surface area contributed by atoms with E-state index in [9.17, 15) is 9.59 Å². The normalized spacial score (nSPS) is 16.8. The van der Waals surface area contributed by atoms with E-state index in [0.717, 1.165) is 32.5 Å². The van der Waals surface area contributed by atoms with Crippen LogP contribution in [-0.2, 0) is 9.59 Å². The van der Waals surface area contributed by atoms with Crippen LogP contribution in [0.1, 0.15) is 26.7 Å². The Balaban J connectivity index is 2.34. The minimum absolute atomic E-state index is 0.100. The average Bonchev–Trinajstić information content (AvgIpc) is 2.54. The molecule has 0 spiro atoms. The number of rotatable bonds is 4. The Bertz CT molecular complexity index is 268. The van der Waals surface area contributed by atoms with Crippen molar-refractivity contribution in [2.24, 2.45) is 0 Å². The van der Waals surface area contributed by atoms with Crippen LogP contribution in [0.4, 0.5) is 0 Å². The summed E-state index contributed by atoms with van der Waals surface area (Å²) in [6.45, 7) is 7.79. The van der Waals surface area contributed by atoms with Crippen molar-refractivity contribution in [1.29, 1.82) is 0 Å². The number of amides is 2. The molecule has 0 radical (unpaired) electrons. The molecule has 0 aromatic heterocycles. The van der Waals surface area contributed by atoms with Gasteiger partial charge in [-0.1, -0.05) is 6.92 Å². The molecule has 1 aliphatic rings. The van der Waals surface area contributed by atoms with Crippen LogP contribution in [0.5, 0.6) is 0 Å². The highest BCUT2D eigenvalue weighted by molar-refractivity contribution is 5.78. The standard InChI is InChI=1S/C12H23N3O2/c1-3-5-13-10-12(17)15-7-4-6-14(8-9-15)11(2)16/h13H,3-10H2,1-2H3. The van der Waals surface area contributed by atoms with Gasteiger partial charge in [0.25, 0.3) is 0 Å². The average molecular weight is 241 g/mol. The molecule has 98 valence electrons. The fourth-order valence-corrected chi connectivity index (χ4v) is 1.97. The van der Waals surface area contributed by atoms with Gasteiger partial charge in [0, 0.05) is 33.1 Å². The van der Waals surface area contributed by atoms with Gasteiger partial charge in [-0.15, -0.1) is 0 Å². The molecule has 5 heteroatoms. The zero-order valence-corrected chi connectivity index (χ0v) is 10.9. The molecule has 1 saturated heterocycles. The van der Waals surface area contributed by atoms with E-state index >= 15 is 0 Å². The minimum atomic E-state index is 0.100. The topological polar surface area (TPSA) is 52.7 Å². The van der Waals surface area contributed by atoms with Crippen molar-refractivity contribution in [1.82, 2.24) is 15.1 Å². The third-order valence-corrected chi connectivity index (χ3v) is 3.00. The quantitative estimate of drug-likeness (QED) is 0.709. The Morgan fingerprint density at radius 3 is 2.41 bits per heavy atom. The van der Waals surface area contributed by atoms with Gasteiger partial charge in [-0.3, -0.25) is 9.59 Å². The van der Waals surface area contributed by atoms with Gasteiger partial charge < -0.3 is 15.1 Å². The Morgan fingerprint density at radius 1 is 1.12 bits per heavy atom. The predicted octanol–water partition coefficient (Wildman–Crippen LogP) is 0.0668. The summed E-state index contributed by atoms with van der Waals surface area (Å²) in [5.74, 6) is 0.243. The molecule has 0 aromatic rings. The molecule has 17 heavy (non-hydrogen) atoms. The molecule has 0 bridgehead atoms. The molecule has 1 N–H and O–H groups in total. The van der Waals surface area contributed by atoms with E-state index in [2.05, 4.69) is 12.2 Å². The first-order valence-electron chi connectivity index (χ1n) is 6.39. The van der Waals surface area contributed by atoms with E-state index in [4.69, 9.17) is 0 Å². The maximum Gasteiger partial charge on any atom is 0.236 e. The molecule has 0 unspecified atom stereocenters. The maximum absolute atomic E-state index is 11.9. The fraction of sp³-hybridized carbons (Fsp3) is 0.833. The number of carbonyl (C=O) groups excluding carboxylic acids is 2. The third kappa shape index (κ3) is 4.73. The lowest BCUT2D eigenvalue weighted by molar-refractivity contribution is -0.131. The van der Waals surface area contributed by atoms with Crippen molar-refractivity contribution in [2.75, 3.05) is 39.3 Å². The van der Waals surface area contributed by atoms with E-state index in [0.29, 0.717) is 19.6 Å². The van der Waals surface area contributed by atoms with Crippen LogP contribution in [0.2, 0.25) is 0 Å². The number of nitrogens with one attached hydrogen (secondary N) is 1. The summed E-state index contributed by atoms with van der Waals surface area (Å²) in [6, 6.07) is 0. The Labute approximate surface area is 103 Å². The maximum atomic E-state index is 11.9. The summed E-state index contributed by atoms with van der Waals surface area (Å²) in [5, 5.41) is 3.11. The van der Waals surface area contributed by atoms with E-state index in [1.54, 1.807) is 6.92 Å². The van der Waals surface area contributed by atoms with Crippen LogP contribution in [-0.4, -0.2) is 60.9 Å². The van der Waals surface area contributed by atoms with Gasteiger partial charge in [0.1, 0.15) is 0 Å². The lowest BCUT2D eigenvalue weighted by Gasteiger charge is -2.21. The summed E-state index contributed by atoms with van der Waals surface area (Å²) in [4.78, 5) is 26.8. The fourth-order valence-electron chi connectivity index (χ4n) is 1.97. The number of nitrogens with zero attached hydrogens (tertiary/aromatic N) is 2. The van der Waals surface area contributed by atoms with Gasteiger partial charge in [0.2, 0.25) is 11.8 Å². The molecule has 1 aliphatic heterocycles. The van der Waals surface area contributed by atoms with Crippen molar-refractivity contribution < 1.29 is 9.59 Å². The van der Waals surface area contributed by atoms with E-state index in [-0.39, 0.29) is 11.8 Å². The van der Waals surface area contributed by atoms with E-state index in [1.165, 1.54) is 0 Å². The Kier molecular flexibility index (Phi) is 5.97. The number of carbonyl (C=O) groups is 2. The molecule has 5 nitrogen and oxygen atoms in total. The number of hydrogen-bond acceptors (Lipinski definition) is 3. The van der Waals surface area contributed by atoms with Crippen LogP contribution in [0.3, 0.4) is 0 Å². The van der Waals surface area contributed by atoms with Gasteiger partial charge in [-0.05, 0) is 19.4 Å². The second-order valence-electron chi connectivity index (χ2n) is 4.42.